The molecule has 27 heavy (non-hydrogen) atoms. The lowest BCUT2D eigenvalue weighted by atomic mass is 10.1. The van der Waals surface area contributed by atoms with E-state index in [9.17, 15) is 4.79 Å². The van der Waals surface area contributed by atoms with Crippen LogP contribution in [0.1, 0.15) is 21.5 Å². The lowest BCUT2D eigenvalue weighted by Gasteiger charge is -2.18. The molecule has 0 aliphatic carbocycles. The Bertz CT molecular complexity index is 907. The lowest BCUT2D eigenvalue weighted by molar-refractivity contribution is 0.0954. The van der Waals surface area contributed by atoms with Gasteiger partial charge in [0.2, 0.25) is 0 Å². The van der Waals surface area contributed by atoms with E-state index >= 15 is 0 Å². The zero-order valence-corrected chi connectivity index (χ0v) is 14.8. The largest absolute Gasteiger partial charge is 0.486 e. The summed E-state index contributed by atoms with van der Waals surface area (Å²) in [6, 6.07) is 13.4. The van der Waals surface area contributed by atoms with Gasteiger partial charge in [0.25, 0.3) is 5.91 Å². The molecule has 4 rings (SSSR count). The summed E-state index contributed by atoms with van der Waals surface area (Å²) < 4.78 is 12.8. The van der Waals surface area contributed by atoms with Crippen molar-refractivity contribution in [1.82, 2.24) is 20.1 Å². The minimum Gasteiger partial charge on any atom is -0.486 e. The molecule has 0 saturated heterocycles. The topological polar surface area (TPSA) is 78.3 Å². The van der Waals surface area contributed by atoms with Crippen LogP contribution >= 0.6 is 0 Å². The molecule has 2 aromatic carbocycles. The van der Waals surface area contributed by atoms with Crippen molar-refractivity contribution in [2.24, 2.45) is 0 Å². The lowest BCUT2D eigenvalue weighted by Crippen LogP contribution is -2.25. The summed E-state index contributed by atoms with van der Waals surface area (Å²) in [6.07, 6.45) is 3.90. The van der Waals surface area contributed by atoms with Crippen LogP contribution in [0.4, 0.5) is 0 Å². The Morgan fingerprint density at radius 1 is 1.04 bits per heavy atom. The van der Waals surface area contributed by atoms with Crippen LogP contribution in [0, 0.1) is 0 Å². The van der Waals surface area contributed by atoms with Crippen molar-refractivity contribution in [2.75, 3.05) is 19.8 Å². The highest BCUT2D eigenvalue weighted by Crippen LogP contribution is 2.30. The smallest absolute Gasteiger partial charge is 0.251 e. The van der Waals surface area contributed by atoms with Crippen LogP contribution in [0.2, 0.25) is 0 Å². The summed E-state index contributed by atoms with van der Waals surface area (Å²) in [7, 11) is 0. The summed E-state index contributed by atoms with van der Waals surface area (Å²) in [5.74, 6) is 1.47. The van der Waals surface area contributed by atoms with Gasteiger partial charge in [-0.15, -0.1) is 0 Å². The fourth-order valence-corrected chi connectivity index (χ4v) is 2.93. The molecule has 1 aliphatic heterocycles. The molecular formula is C20H20N4O3. The number of amides is 1. The first-order valence-corrected chi connectivity index (χ1v) is 8.86. The number of nitrogens with one attached hydrogen (secondary N) is 1. The van der Waals surface area contributed by atoms with Crippen LogP contribution in [-0.4, -0.2) is 40.4 Å². The Labute approximate surface area is 156 Å². The average Bonchev–Trinajstić information content (AvgIpc) is 3.21. The molecule has 1 N–H and O–H groups in total. The standard InChI is InChI=1S/C20H20N4O3/c25-20(17-4-1-16(2-5-17)12-24-14-21-13-23-24)22-8-7-15-3-6-18-19(11-15)27-10-9-26-18/h1-6,11,13-14H,7-10,12H2,(H,22,25). The Kier molecular flexibility index (Phi) is 5.00. The maximum atomic E-state index is 12.3. The van der Waals surface area contributed by atoms with Gasteiger partial charge < -0.3 is 14.8 Å². The highest BCUT2D eigenvalue weighted by Gasteiger charge is 2.12. The molecule has 0 unspecified atom stereocenters. The van der Waals surface area contributed by atoms with E-state index in [0.717, 1.165) is 29.0 Å². The van der Waals surface area contributed by atoms with E-state index < -0.39 is 0 Å². The number of hydrogen-bond donors (Lipinski definition) is 1. The molecular weight excluding hydrogens is 344 g/mol. The van der Waals surface area contributed by atoms with Gasteiger partial charge in [-0.3, -0.25) is 4.79 Å². The van der Waals surface area contributed by atoms with Crippen molar-refractivity contribution in [3.8, 4) is 11.5 Å². The summed E-state index contributed by atoms with van der Waals surface area (Å²) in [5.41, 5.74) is 2.80. The van der Waals surface area contributed by atoms with E-state index in [1.54, 1.807) is 11.0 Å². The van der Waals surface area contributed by atoms with Gasteiger partial charge >= 0.3 is 0 Å². The summed E-state index contributed by atoms with van der Waals surface area (Å²) in [5, 5.41) is 7.03. The van der Waals surface area contributed by atoms with Crippen LogP contribution < -0.4 is 14.8 Å². The third-order valence-corrected chi connectivity index (χ3v) is 4.33. The molecule has 1 aromatic heterocycles. The number of rotatable bonds is 6. The minimum atomic E-state index is -0.0835. The van der Waals surface area contributed by atoms with Gasteiger partial charge in [0.05, 0.1) is 6.54 Å². The number of nitrogens with zero attached hydrogens (tertiary/aromatic N) is 3. The number of carbonyl (C=O) groups is 1. The first-order valence-electron chi connectivity index (χ1n) is 8.86. The van der Waals surface area contributed by atoms with Crippen molar-refractivity contribution >= 4 is 5.91 Å². The number of ether oxygens (including phenoxy) is 2. The third kappa shape index (κ3) is 4.25. The number of benzene rings is 2. The zero-order valence-electron chi connectivity index (χ0n) is 14.8. The molecule has 138 valence electrons. The second-order valence-electron chi connectivity index (χ2n) is 6.27. The predicted octanol–water partition coefficient (Wildman–Crippen LogP) is 2.07. The van der Waals surface area contributed by atoms with Crippen LogP contribution in [0.25, 0.3) is 0 Å². The Hall–Kier alpha value is -3.35. The second kappa shape index (κ2) is 7.90. The molecule has 0 spiro atoms. The molecule has 7 nitrogen and oxygen atoms in total. The molecule has 1 aliphatic rings. The maximum absolute atomic E-state index is 12.3. The number of aromatic nitrogens is 3. The van der Waals surface area contributed by atoms with Gasteiger partial charge in [-0.05, 0) is 41.8 Å². The van der Waals surface area contributed by atoms with E-state index in [2.05, 4.69) is 15.4 Å². The van der Waals surface area contributed by atoms with E-state index in [0.29, 0.717) is 31.9 Å². The van der Waals surface area contributed by atoms with Crippen molar-refractivity contribution in [3.05, 3.63) is 71.8 Å². The van der Waals surface area contributed by atoms with Crippen LogP contribution in [0.5, 0.6) is 11.5 Å². The fraction of sp³-hybridized carbons (Fsp3) is 0.250. The maximum Gasteiger partial charge on any atom is 0.251 e. The Balaban J connectivity index is 1.29. The molecule has 0 radical (unpaired) electrons. The quantitative estimate of drug-likeness (QED) is 0.724. The Morgan fingerprint density at radius 3 is 2.59 bits per heavy atom. The number of hydrogen-bond acceptors (Lipinski definition) is 5. The van der Waals surface area contributed by atoms with Gasteiger partial charge in [0.1, 0.15) is 25.9 Å². The summed E-state index contributed by atoms with van der Waals surface area (Å²) >= 11 is 0. The number of fused-ring (bicyclic) bond motifs is 1. The highest BCUT2D eigenvalue weighted by atomic mass is 16.6. The van der Waals surface area contributed by atoms with E-state index in [-0.39, 0.29) is 5.91 Å². The molecule has 0 saturated carbocycles. The fourth-order valence-electron chi connectivity index (χ4n) is 2.93. The molecule has 2 heterocycles. The zero-order chi connectivity index (χ0) is 18.5. The normalized spacial score (nSPS) is 12.6. The van der Waals surface area contributed by atoms with E-state index in [1.165, 1.54) is 6.33 Å². The number of carbonyl (C=O) groups excluding carboxylic acids is 1. The van der Waals surface area contributed by atoms with Gasteiger partial charge in [-0.1, -0.05) is 18.2 Å². The third-order valence-electron chi connectivity index (χ3n) is 4.33. The summed E-state index contributed by atoms with van der Waals surface area (Å²) in [4.78, 5) is 16.2. The van der Waals surface area contributed by atoms with E-state index in [4.69, 9.17) is 9.47 Å². The van der Waals surface area contributed by atoms with Gasteiger partial charge in [0, 0.05) is 12.1 Å². The first kappa shape index (κ1) is 17.1. The van der Waals surface area contributed by atoms with Crippen molar-refractivity contribution in [1.29, 1.82) is 0 Å². The highest BCUT2D eigenvalue weighted by molar-refractivity contribution is 5.94. The van der Waals surface area contributed by atoms with Gasteiger partial charge in [-0.2, -0.15) is 5.10 Å². The molecule has 0 atom stereocenters. The molecule has 7 heteroatoms. The monoisotopic (exact) mass is 364 g/mol. The predicted molar refractivity (Wildman–Crippen MR) is 99.0 cm³/mol. The van der Waals surface area contributed by atoms with Gasteiger partial charge in [-0.25, -0.2) is 9.67 Å². The van der Waals surface area contributed by atoms with Gasteiger partial charge in [0.15, 0.2) is 11.5 Å². The van der Waals surface area contributed by atoms with Crippen molar-refractivity contribution in [3.63, 3.8) is 0 Å². The minimum absolute atomic E-state index is 0.0835. The second-order valence-corrected chi connectivity index (χ2v) is 6.27. The van der Waals surface area contributed by atoms with Crippen molar-refractivity contribution < 1.29 is 14.3 Å². The molecule has 0 fully saturated rings. The van der Waals surface area contributed by atoms with E-state index in [1.807, 2.05) is 42.5 Å². The molecule has 3 aromatic rings. The average molecular weight is 364 g/mol. The summed E-state index contributed by atoms with van der Waals surface area (Å²) in [6.45, 7) is 2.34. The molecule has 0 bridgehead atoms. The molecule has 1 amide bonds. The van der Waals surface area contributed by atoms with Crippen molar-refractivity contribution in [2.45, 2.75) is 13.0 Å². The Morgan fingerprint density at radius 2 is 1.81 bits per heavy atom. The van der Waals surface area contributed by atoms with Crippen LogP contribution in [0.15, 0.2) is 55.1 Å². The van der Waals surface area contributed by atoms with Crippen LogP contribution in [-0.2, 0) is 13.0 Å². The first-order chi connectivity index (χ1) is 13.3. The van der Waals surface area contributed by atoms with Crippen LogP contribution in [0.3, 0.4) is 0 Å². The SMILES string of the molecule is O=C(NCCc1ccc2c(c1)OCCO2)c1ccc(Cn2cncn2)cc1.